The van der Waals surface area contributed by atoms with Crippen LogP contribution < -0.4 is 5.14 Å². The Kier molecular flexibility index (Phi) is 3.65. The zero-order valence-electron chi connectivity index (χ0n) is 12.3. The first-order chi connectivity index (χ1) is 10.3. The second-order valence-electron chi connectivity index (χ2n) is 5.78. The van der Waals surface area contributed by atoms with E-state index in [1.165, 1.54) is 0 Å². The van der Waals surface area contributed by atoms with Crippen molar-refractivity contribution in [1.82, 2.24) is 14.3 Å². The number of aromatic nitrogens is 2. The standard InChI is InChI=1S/C14H18N4O3S/c1-10-3-2-5-17-8-12(16-13(10)17)14(19)18-6-4-11(7-18)9-22(15,20)21/h2-3,5,8,11H,4,6-7,9H2,1H3,(H2,15,20,21)/t11-/m1/s1. The zero-order chi connectivity index (χ0) is 15.9. The molecule has 2 aromatic rings. The van der Waals surface area contributed by atoms with Crippen LogP contribution in [0.25, 0.3) is 5.65 Å². The molecular formula is C14H18N4O3S. The number of carbonyl (C=O) groups excluding carboxylic acids is 1. The molecule has 1 aliphatic heterocycles. The second-order valence-corrected chi connectivity index (χ2v) is 7.44. The van der Waals surface area contributed by atoms with Crippen molar-refractivity contribution in [3.8, 4) is 0 Å². The number of nitrogens with two attached hydrogens (primary N) is 1. The van der Waals surface area contributed by atoms with Gasteiger partial charge in [0.05, 0.1) is 5.75 Å². The number of likely N-dealkylation sites (tertiary alicyclic amines) is 1. The van der Waals surface area contributed by atoms with Crippen molar-refractivity contribution < 1.29 is 13.2 Å². The van der Waals surface area contributed by atoms with Gasteiger partial charge in [-0.05, 0) is 30.9 Å². The van der Waals surface area contributed by atoms with Gasteiger partial charge in [0.15, 0.2) is 0 Å². The Balaban J connectivity index is 1.78. The first-order valence-corrected chi connectivity index (χ1v) is 8.79. The monoisotopic (exact) mass is 322 g/mol. The molecule has 0 saturated carbocycles. The van der Waals surface area contributed by atoms with E-state index in [1.807, 2.05) is 29.7 Å². The molecule has 1 amide bonds. The summed E-state index contributed by atoms with van der Waals surface area (Å²) < 4.78 is 24.1. The number of hydrogen-bond acceptors (Lipinski definition) is 4. The summed E-state index contributed by atoms with van der Waals surface area (Å²) in [5, 5.41) is 5.07. The number of hydrogen-bond donors (Lipinski definition) is 1. The molecule has 22 heavy (non-hydrogen) atoms. The Bertz CT molecular complexity index is 828. The van der Waals surface area contributed by atoms with Crippen LogP contribution in [0.2, 0.25) is 0 Å². The predicted molar refractivity (Wildman–Crippen MR) is 81.9 cm³/mol. The van der Waals surface area contributed by atoms with Gasteiger partial charge in [-0.25, -0.2) is 18.5 Å². The number of rotatable bonds is 3. The van der Waals surface area contributed by atoms with Crippen LogP contribution in [0.15, 0.2) is 24.5 Å². The van der Waals surface area contributed by atoms with Gasteiger partial charge in [0.1, 0.15) is 11.3 Å². The van der Waals surface area contributed by atoms with E-state index in [0.29, 0.717) is 25.2 Å². The largest absolute Gasteiger partial charge is 0.337 e. The van der Waals surface area contributed by atoms with Crippen molar-refractivity contribution in [2.75, 3.05) is 18.8 Å². The number of primary sulfonamides is 1. The first kappa shape index (κ1) is 15.0. The Morgan fingerprint density at radius 3 is 2.95 bits per heavy atom. The molecule has 1 aliphatic rings. The van der Waals surface area contributed by atoms with Crippen LogP contribution in [0.1, 0.15) is 22.5 Å². The van der Waals surface area contributed by atoms with Gasteiger partial charge in [0.25, 0.3) is 5.91 Å². The van der Waals surface area contributed by atoms with Crippen LogP contribution in [0.5, 0.6) is 0 Å². The summed E-state index contributed by atoms with van der Waals surface area (Å²) in [6, 6.07) is 3.84. The Morgan fingerprint density at radius 2 is 2.27 bits per heavy atom. The molecule has 1 saturated heterocycles. The van der Waals surface area contributed by atoms with E-state index in [9.17, 15) is 13.2 Å². The van der Waals surface area contributed by atoms with Crippen LogP contribution in [0.3, 0.4) is 0 Å². The molecule has 3 rings (SSSR count). The lowest BCUT2D eigenvalue weighted by Gasteiger charge is -2.14. The highest BCUT2D eigenvalue weighted by Gasteiger charge is 2.30. The maximum Gasteiger partial charge on any atom is 0.274 e. The maximum absolute atomic E-state index is 12.5. The molecule has 2 aromatic heterocycles. The van der Waals surface area contributed by atoms with Crippen LogP contribution >= 0.6 is 0 Å². The molecule has 0 spiro atoms. The maximum atomic E-state index is 12.5. The minimum absolute atomic E-state index is 0.0823. The SMILES string of the molecule is Cc1cccn2cc(C(=O)N3CC[C@@H](CS(N)(=O)=O)C3)nc12. The highest BCUT2D eigenvalue weighted by molar-refractivity contribution is 7.89. The van der Waals surface area contributed by atoms with Gasteiger partial charge in [-0.2, -0.15) is 0 Å². The number of amides is 1. The quantitative estimate of drug-likeness (QED) is 0.884. The predicted octanol–water partition coefficient (Wildman–Crippen LogP) is 0.393. The summed E-state index contributed by atoms with van der Waals surface area (Å²) in [6.45, 7) is 2.88. The number of fused-ring (bicyclic) bond motifs is 1. The van der Waals surface area contributed by atoms with E-state index in [1.54, 1.807) is 11.1 Å². The number of aryl methyl sites for hydroxylation is 1. The summed E-state index contributed by atoms with van der Waals surface area (Å²) in [5.41, 5.74) is 2.13. The first-order valence-electron chi connectivity index (χ1n) is 7.07. The number of pyridine rings is 1. The van der Waals surface area contributed by atoms with Crippen molar-refractivity contribution in [2.24, 2.45) is 11.1 Å². The van der Waals surface area contributed by atoms with Gasteiger partial charge < -0.3 is 9.30 Å². The number of carbonyl (C=O) groups is 1. The summed E-state index contributed by atoms with van der Waals surface area (Å²) in [4.78, 5) is 18.5. The smallest absolute Gasteiger partial charge is 0.274 e. The van der Waals surface area contributed by atoms with E-state index in [0.717, 1.165) is 11.2 Å². The normalized spacial score (nSPS) is 19.0. The van der Waals surface area contributed by atoms with Gasteiger partial charge in [-0.3, -0.25) is 4.79 Å². The third-order valence-electron chi connectivity index (χ3n) is 3.94. The highest BCUT2D eigenvalue weighted by Crippen LogP contribution is 2.20. The lowest BCUT2D eigenvalue weighted by molar-refractivity contribution is 0.0783. The number of imidazole rings is 1. The van der Waals surface area contributed by atoms with Gasteiger partial charge in [-0.15, -0.1) is 0 Å². The Morgan fingerprint density at radius 1 is 1.50 bits per heavy atom. The fourth-order valence-electron chi connectivity index (χ4n) is 2.90. The zero-order valence-corrected chi connectivity index (χ0v) is 13.1. The minimum atomic E-state index is -3.51. The Labute approximate surface area is 128 Å². The lowest BCUT2D eigenvalue weighted by Crippen LogP contribution is -2.31. The van der Waals surface area contributed by atoms with E-state index in [-0.39, 0.29) is 17.6 Å². The van der Waals surface area contributed by atoms with Gasteiger partial charge in [0, 0.05) is 25.5 Å². The molecule has 2 N–H and O–H groups in total. The van der Waals surface area contributed by atoms with Crippen LogP contribution in [0, 0.1) is 12.8 Å². The van der Waals surface area contributed by atoms with Gasteiger partial charge >= 0.3 is 0 Å². The van der Waals surface area contributed by atoms with E-state index in [4.69, 9.17) is 5.14 Å². The van der Waals surface area contributed by atoms with Crippen molar-refractivity contribution >= 4 is 21.6 Å². The summed E-state index contributed by atoms with van der Waals surface area (Å²) in [7, 11) is -3.51. The van der Waals surface area contributed by atoms with Crippen LogP contribution in [0.4, 0.5) is 0 Å². The lowest BCUT2D eigenvalue weighted by atomic mass is 10.2. The topological polar surface area (TPSA) is 97.8 Å². The summed E-state index contributed by atoms with van der Waals surface area (Å²) >= 11 is 0. The molecule has 3 heterocycles. The average Bonchev–Trinajstić information content (AvgIpc) is 3.03. The number of sulfonamides is 1. The molecule has 0 aromatic carbocycles. The average molecular weight is 322 g/mol. The summed E-state index contributed by atoms with van der Waals surface area (Å²) in [6.07, 6.45) is 4.20. The van der Waals surface area contributed by atoms with E-state index in [2.05, 4.69) is 4.98 Å². The molecule has 0 radical (unpaired) electrons. The molecule has 118 valence electrons. The number of nitrogens with zero attached hydrogens (tertiary/aromatic N) is 3. The summed E-state index contributed by atoms with van der Waals surface area (Å²) in [5.74, 6) is -0.348. The minimum Gasteiger partial charge on any atom is -0.337 e. The van der Waals surface area contributed by atoms with Crippen molar-refractivity contribution in [3.63, 3.8) is 0 Å². The third-order valence-corrected chi connectivity index (χ3v) is 4.87. The second kappa shape index (κ2) is 5.36. The van der Waals surface area contributed by atoms with Crippen LogP contribution in [-0.4, -0.2) is 47.5 Å². The molecule has 7 nitrogen and oxygen atoms in total. The van der Waals surface area contributed by atoms with Crippen molar-refractivity contribution in [1.29, 1.82) is 0 Å². The molecular weight excluding hydrogens is 304 g/mol. The highest BCUT2D eigenvalue weighted by atomic mass is 32.2. The fourth-order valence-corrected chi connectivity index (χ4v) is 3.83. The molecule has 1 fully saturated rings. The molecule has 1 atom stereocenters. The molecule has 0 aliphatic carbocycles. The third kappa shape index (κ3) is 2.97. The van der Waals surface area contributed by atoms with Crippen molar-refractivity contribution in [3.05, 3.63) is 35.8 Å². The molecule has 0 bridgehead atoms. The van der Waals surface area contributed by atoms with Gasteiger partial charge in [-0.1, -0.05) is 6.07 Å². The molecule has 8 heteroatoms. The van der Waals surface area contributed by atoms with Gasteiger partial charge in [0.2, 0.25) is 10.0 Å². The fraction of sp³-hybridized carbons (Fsp3) is 0.429. The Hall–Kier alpha value is -1.93. The van der Waals surface area contributed by atoms with E-state index >= 15 is 0 Å². The van der Waals surface area contributed by atoms with E-state index < -0.39 is 10.0 Å². The van der Waals surface area contributed by atoms with Crippen molar-refractivity contribution in [2.45, 2.75) is 13.3 Å². The van der Waals surface area contributed by atoms with Crippen LogP contribution in [-0.2, 0) is 10.0 Å². The molecule has 0 unspecified atom stereocenters.